The van der Waals surface area contributed by atoms with Gasteiger partial charge in [-0.1, -0.05) is 11.6 Å². The third-order valence-electron chi connectivity index (χ3n) is 5.18. The van der Waals surface area contributed by atoms with E-state index in [0.717, 1.165) is 28.7 Å². The van der Waals surface area contributed by atoms with Crippen LogP contribution in [0.5, 0.6) is 0 Å². The lowest BCUT2D eigenvalue weighted by Gasteiger charge is -2.51. The predicted octanol–water partition coefficient (Wildman–Crippen LogP) is 4.72. The molecule has 1 aromatic rings. The molecular weight excluding hydrogens is 228 g/mol. The molecule has 4 saturated carbocycles. The van der Waals surface area contributed by atoms with Crippen LogP contribution in [0.2, 0.25) is 5.02 Å². The molecule has 1 heteroatoms. The molecule has 88 valence electrons. The smallest absolute Gasteiger partial charge is 0.0682 e. The van der Waals surface area contributed by atoms with Crippen molar-refractivity contribution in [1.82, 2.24) is 0 Å². The van der Waals surface area contributed by atoms with Gasteiger partial charge in [0.15, 0.2) is 0 Å². The second kappa shape index (κ2) is 3.68. The van der Waals surface area contributed by atoms with Crippen LogP contribution in [-0.4, -0.2) is 0 Å². The molecule has 0 radical (unpaired) electrons. The van der Waals surface area contributed by atoms with E-state index in [9.17, 15) is 0 Å². The van der Waals surface area contributed by atoms with E-state index in [2.05, 4.69) is 18.2 Å². The topological polar surface area (TPSA) is 0 Å². The number of hydrogen-bond acceptors (Lipinski definition) is 0. The molecule has 0 amide bonds. The Bertz CT molecular complexity index is 409. The number of benzene rings is 1. The Balaban J connectivity index is 1.70. The summed E-state index contributed by atoms with van der Waals surface area (Å²) >= 11 is 6.14. The summed E-state index contributed by atoms with van der Waals surface area (Å²) in [6.45, 7) is 0. The second-order valence-corrected chi connectivity index (χ2v) is 6.71. The lowest BCUT2D eigenvalue weighted by atomic mass is 9.51. The van der Waals surface area contributed by atoms with E-state index < -0.39 is 0 Å². The average Bonchev–Trinajstić information content (AvgIpc) is 2.27. The van der Waals surface area contributed by atoms with Gasteiger partial charge in [0.05, 0.1) is 11.1 Å². The summed E-state index contributed by atoms with van der Waals surface area (Å²) in [5.41, 5.74) is 1.44. The van der Waals surface area contributed by atoms with E-state index in [1.165, 1.54) is 37.7 Å². The third-order valence-corrected chi connectivity index (χ3v) is 5.41. The highest BCUT2D eigenvalue weighted by molar-refractivity contribution is 6.30. The fraction of sp³-hybridized carbons (Fsp3) is 0.562. The molecule has 0 aromatic heterocycles. The maximum absolute atomic E-state index is 6.14. The lowest BCUT2D eigenvalue weighted by Crippen LogP contribution is -2.44. The summed E-state index contributed by atoms with van der Waals surface area (Å²) in [6.07, 6.45) is 7.34. The Morgan fingerprint density at radius 1 is 0.941 bits per heavy atom. The minimum atomic E-state index is 0.879. The molecule has 0 unspecified atom stereocenters. The zero-order chi connectivity index (χ0) is 11.4. The van der Waals surface area contributed by atoms with Gasteiger partial charge < -0.3 is 0 Å². The zero-order valence-electron chi connectivity index (χ0n) is 10.0. The van der Waals surface area contributed by atoms with Gasteiger partial charge in [0, 0.05) is 23.8 Å². The zero-order valence-corrected chi connectivity index (χ0v) is 10.8. The normalized spacial score (nSPS) is 38.8. The van der Waals surface area contributed by atoms with Gasteiger partial charge in [0.1, 0.15) is 5.56 Å². The van der Waals surface area contributed by atoms with E-state index in [0.29, 0.717) is 0 Å². The van der Waals surface area contributed by atoms with Crippen molar-refractivity contribution in [3.05, 3.63) is 40.8 Å². The lowest BCUT2D eigenvalue weighted by molar-refractivity contribution is 0.0481. The van der Waals surface area contributed by atoms with Gasteiger partial charge in [-0.05, 0) is 56.1 Å². The molecule has 17 heavy (non-hydrogen) atoms. The largest absolute Gasteiger partial charge is 0.134 e. The van der Waals surface area contributed by atoms with Crippen LogP contribution < -0.4 is 0 Å². The van der Waals surface area contributed by atoms with Crippen LogP contribution >= 0.6 is 11.6 Å². The van der Waals surface area contributed by atoms with E-state index in [4.69, 9.17) is 11.6 Å². The first-order valence-electron chi connectivity index (χ1n) is 6.92. The molecule has 0 nitrogen and oxygen atoms in total. The maximum atomic E-state index is 6.14. The highest BCUT2D eigenvalue weighted by Gasteiger charge is 2.52. The van der Waals surface area contributed by atoms with Crippen LogP contribution in [0.3, 0.4) is 0 Å². The van der Waals surface area contributed by atoms with Crippen LogP contribution in [0, 0.1) is 29.6 Å². The summed E-state index contributed by atoms with van der Waals surface area (Å²) in [5.74, 6) is 5.59. The Labute approximate surface area is 108 Å². The van der Waals surface area contributed by atoms with Crippen molar-refractivity contribution in [1.29, 1.82) is 0 Å². The third kappa shape index (κ3) is 1.61. The molecule has 0 N–H and O–H groups in total. The number of hydrogen-bond donors (Lipinski definition) is 0. The van der Waals surface area contributed by atoms with Crippen molar-refractivity contribution in [2.24, 2.45) is 23.7 Å². The Hall–Kier alpha value is -0.620. The molecule has 0 atom stereocenters. The minimum Gasteiger partial charge on any atom is -0.0682 e. The molecule has 0 spiro atoms. The number of halogens is 1. The maximum Gasteiger partial charge on any atom is 0.134 e. The Morgan fingerprint density at radius 3 is 2.18 bits per heavy atom. The van der Waals surface area contributed by atoms with Crippen LogP contribution in [0.15, 0.2) is 24.3 Å². The monoisotopic (exact) mass is 245 g/mol. The predicted molar refractivity (Wildman–Crippen MR) is 70.8 cm³/mol. The fourth-order valence-electron chi connectivity index (χ4n) is 4.83. The van der Waals surface area contributed by atoms with Gasteiger partial charge in [0.25, 0.3) is 0 Å². The van der Waals surface area contributed by atoms with Crippen molar-refractivity contribution < 1.29 is 0 Å². The summed E-state index contributed by atoms with van der Waals surface area (Å²) in [7, 11) is 0. The standard InChI is InChI=1S/C16H18Cl/c17-15-3-1-2-12(9-15)16-13-5-10-4-11(7-13)8-14(16)6-10/h1-3,9-11,13-14H,4-8H2/q+1. The molecular formula is C16H18Cl+. The van der Waals surface area contributed by atoms with Crippen LogP contribution in [-0.2, 0) is 0 Å². The minimum absolute atomic E-state index is 0.879. The van der Waals surface area contributed by atoms with E-state index in [1.807, 2.05) is 6.07 Å². The summed E-state index contributed by atoms with van der Waals surface area (Å²) in [5, 5.41) is 0.892. The van der Waals surface area contributed by atoms with Crippen molar-refractivity contribution >= 4 is 11.6 Å². The second-order valence-electron chi connectivity index (χ2n) is 6.27. The van der Waals surface area contributed by atoms with Crippen LogP contribution in [0.25, 0.3) is 0 Å². The van der Waals surface area contributed by atoms with E-state index in [-0.39, 0.29) is 0 Å². The van der Waals surface area contributed by atoms with Gasteiger partial charge in [-0.25, -0.2) is 0 Å². The molecule has 4 fully saturated rings. The van der Waals surface area contributed by atoms with Crippen molar-refractivity contribution in [3.8, 4) is 0 Å². The van der Waals surface area contributed by atoms with Gasteiger partial charge in [-0.15, -0.1) is 0 Å². The molecule has 4 bridgehead atoms. The van der Waals surface area contributed by atoms with Gasteiger partial charge in [0.2, 0.25) is 0 Å². The van der Waals surface area contributed by atoms with Crippen LogP contribution in [0.4, 0.5) is 0 Å². The highest BCUT2D eigenvalue weighted by Crippen LogP contribution is 2.59. The summed E-state index contributed by atoms with van der Waals surface area (Å²) in [4.78, 5) is 0. The van der Waals surface area contributed by atoms with Gasteiger partial charge in [-0.3, -0.25) is 0 Å². The van der Waals surface area contributed by atoms with E-state index in [1.54, 1.807) is 5.92 Å². The van der Waals surface area contributed by atoms with Gasteiger partial charge >= 0.3 is 0 Å². The summed E-state index contributed by atoms with van der Waals surface area (Å²) in [6, 6.07) is 8.54. The van der Waals surface area contributed by atoms with Crippen LogP contribution in [0.1, 0.15) is 37.7 Å². The quantitative estimate of drug-likeness (QED) is 0.628. The first-order valence-corrected chi connectivity index (χ1v) is 7.30. The molecule has 0 saturated heterocycles. The molecule has 0 heterocycles. The average molecular weight is 246 g/mol. The Morgan fingerprint density at radius 2 is 1.59 bits per heavy atom. The fourth-order valence-corrected chi connectivity index (χ4v) is 5.02. The SMILES string of the molecule is Clc1cccc([C+]2C3CC4CC(C3)CC2C4)c1. The Kier molecular flexibility index (Phi) is 2.24. The molecule has 0 aliphatic heterocycles. The molecule has 4 aliphatic carbocycles. The molecule has 4 aliphatic rings. The number of rotatable bonds is 1. The first kappa shape index (κ1) is 10.3. The van der Waals surface area contributed by atoms with E-state index >= 15 is 0 Å². The van der Waals surface area contributed by atoms with Crippen molar-refractivity contribution in [2.45, 2.75) is 32.1 Å². The molecule has 1 aromatic carbocycles. The van der Waals surface area contributed by atoms with Gasteiger partial charge in [-0.2, -0.15) is 0 Å². The summed E-state index contributed by atoms with van der Waals surface area (Å²) < 4.78 is 0. The highest BCUT2D eigenvalue weighted by atomic mass is 35.5. The van der Waals surface area contributed by atoms with Crippen molar-refractivity contribution in [2.75, 3.05) is 0 Å². The first-order chi connectivity index (χ1) is 8.29. The van der Waals surface area contributed by atoms with Crippen molar-refractivity contribution in [3.63, 3.8) is 0 Å². The molecule has 5 rings (SSSR count).